The lowest BCUT2D eigenvalue weighted by atomic mass is 9.82. The Bertz CT molecular complexity index is 413. The van der Waals surface area contributed by atoms with Crippen molar-refractivity contribution in [3.63, 3.8) is 0 Å². The van der Waals surface area contributed by atoms with E-state index in [9.17, 15) is 0 Å². The van der Waals surface area contributed by atoms with Crippen LogP contribution in [0, 0.1) is 0 Å². The minimum atomic E-state index is -0.0144. The van der Waals surface area contributed by atoms with Crippen LogP contribution in [-0.2, 0) is 4.74 Å². The predicted molar refractivity (Wildman–Crippen MR) is 70.9 cm³/mol. The lowest BCUT2D eigenvalue weighted by Gasteiger charge is -2.44. The highest BCUT2D eigenvalue weighted by molar-refractivity contribution is 5.38. The molecular weight excluding hydrogens is 226 g/mol. The van der Waals surface area contributed by atoms with Gasteiger partial charge in [-0.1, -0.05) is 18.2 Å². The molecule has 0 radical (unpaired) electrons. The Balaban J connectivity index is 1.91. The van der Waals surface area contributed by atoms with Crippen molar-refractivity contribution >= 4 is 0 Å². The molecule has 1 unspecified atom stereocenters. The molecule has 0 aromatic heterocycles. The van der Waals surface area contributed by atoms with E-state index >= 15 is 0 Å². The molecule has 2 aliphatic heterocycles. The molecule has 0 aliphatic carbocycles. The zero-order valence-electron chi connectivity index (χ0n) is 10.9. The van der Waals surface area contributed by atoms with Crippen molar-refractivity contribution in [3.05, 3.63) is 29.8 Å². The number of hydrogen-bond acceptors (Lipinski definition) is 3. The number of piperidine rings is 1. The number of ether oxygens (including phenoxy) is 2. The Morgan fingerprint density at radius 3 is 2.89 bits per heavy atom. The SMILES string of the molecule is CCOC1CC2(CCNCC2)Oc2ccccc21. The fraction of sp³-hybridized carbons (Fsp3) is 0.600. The Labute approximate surface area is 108 Å². The lowest BCUT2D eigenvalue weighted by Crippen LogP contribution is -2.49. The molecule has 0 bridgehead atoms. The van der Waals surface area contributed by atoms with Crippen molar-refractivity contribution in [2.24, 2.45) is 0 Å². The number of para-hydroxylation sites is 1. The van der Waals surface area contributed by atoms with Crippen molar-refractivity contribution in [2.75, 3.05) is 19.7 Å². The Kier molecular flexibility index (Phi) is 3.27. The highest BCUT2D eigenvalue weighted by Gasteiger charge is 2.41. The van der Waals surface area contributed by atoms with Gasteiger partial charge in [-0.15, -0.1) is 0 Å². The maximum Gasteiger partial charge on any atom is 0.125 e. The molecule has 3 rings (SSSR count). The quantitative estimate of drug-likeness (QED) is 0.871. The fourth-order valence-electron chi connectivity index (χ4n) is 3.10. The first-order valence-corrected chi connectivity index (χ1v) is 6.93. The van der Waals surface area contributed by atoms with Crippen LogP contribution in [0.15, 0.2) is 24.3 Å². The highest BCUT2D eigenvalue weighted by atomic mass is 16.5. The normalized spacial score (nSPS) is 25.5. The molecule has 1 aromatic carbocycles. The number of hydrogen-bond donors (Lipinski definition) is 1. The molecule has 98 valence electrons. The van der Waals surface area contributed by atoms with Crippen LogP contribution < -0.4 is 10.1 Å². The lowest BCUT2D eigenvalue weighted by molar-refractivity contribution is -0.0589. The molecule has 0 amide bonds. The summed E-state index contributed by atoms with van der Waals surface area (Å²) in [7, 11) is 0. The molecular formula is C15H21NO2. The second-order valence-corrected chi connectivity index (χ2v) is 5.22. The monoisotopic (exact) mass is 247 g/mol. The van der Waals surface area contributed by atoms with Crippen molar-refractivity contribution in [2.45, 2.75) is 37.9 Å². The van der Waals surface area contributed by atoms with E-state index in [1.54, 1.807) is 0 Å². The molecule has 0 saturated carbocycles. The van der Waals surface area contributed by atoms with Crippen LogP contribution in [0.5, 0.6) is 5.75 Å². The first-order valence-electron chi connectivity index (χ1n) is 6.93. The zero-order valence-corrected chi connectivity index (χ0v) is 10.9. The molecule has 1 saturated heterocycles. The Morgan fingerprint density at radius 2 is 2.11 bits per heavy atom. The number of benzene rings is 1. The van der Waals surface area contributed by atoms with Crippen LogP contribution in [0.2, 0.25) is 0 Å². The number of fused-ring (bicyclic) bond motifs is 1. The third kappa shape index (κ3) is 2.13. The molecule has 1 spiro atoms. The summed E-state index contributed by atoms with van der Waals surface area (Å²) in [6, 6.07) is 8.31. The maximum atomic E-state index is 6.32. The summed E-state index contributed by atoms with van der Waals surface area (Å²) in [5, 5.41) is 3.41. The van der Waals surface area contributed by atoms with Gasteiger partial charge in [-0.25, -0.2) is 0 Å². The van der Waals surface area contributed by atoms with E-state index in [1.807, 2.05) is 6.07 Å². The van der Waals surface area contributed by atoms with Crippen LogP contribution in [0.1, 0.15) is 37.9 Å². The molecule has 18 heavy (non-hydrogen) atoms. The van der Waals surface area contributed by atoms with Gasteiger partial charge < -0.3 is 14.8 Å². The van der Waals surface area contributed by atoms with Gasteiger partial charge in [0.05, 0.1) is 6.10 Å². The smallest absolute Gasteiger partial charge is 0.125 e. The first-order chi connectivity index (χ1) is 8.83. The van der Waals surface area contributed by atoms with Crippen LogP contribution in [0.3, 0.4) is 0 Å². The van der Waals surface area contributed by atoms with E-state index in [1.165, 1.54) is 5.56 Å². The Morgan fingerprint density at radius 1 is 1.33 bits per heavy atom. The van der Waals surface area contributed by atoms with Gasteiger partial charge in [0.25, 0.3) is 0 Å². The van der Waals surface area contributed by atoms with E-state index in [2.05, 4.69) is 30.4 Å². The summed E-state index contributed by atoms with van der Waals surface area (Å²) >= 11 is 0. The topological polar surface area (TPSA) is 30.5 Å². The molecule has 1 atom stereocenters. The van der Waals surface area contributed by atoms with Crippen LogP contribution in [0.4, 0.5) is 0 Å². The van der Waals surface area contributed by atoms with Gasteiger partial charge in [0.1, 0.15) is 11.4 Å². The summed E-state index contributed by atoms with van der Waals surface area (Å²) in [4.78, 5) is 0. The number of rotatable bonds is 2. The number of nitrogens with one attached hydrogen (secondary N) is 1. The van der Waals surface area contributed by atoms with Crippen molar-refractivity contribution in [1.82, 2.24) is 5.32 Å². The van der Waals surface area contributed by atoms with Crippen LogP contribution >= 0.6 is 0 Å². The molecule has 3 nitrogen and oxygen atoms in total. The molecule has 2 aliphatic rings. The largest absolute Gasteiger partial charge is 0.487 e. The first kappa shape index (κ1) is 12.0. The summed E-state index contributed by atoms with van der Waals surface area (Å²) in [5.41, 5.74) is 1.20. The van der Waals surface area contributed by atoms with E-state index in [4.69, 9.17) is 9.47 Å². The van der Waals surface area contributed by atoms with Gasteiger partial charge in [0.2, 0.25) is 0 Å². The van der Waals surface area contributed by atoms with Gasteiger partial charge in [0, 0.05) is 18.6 Å². The van der Waals surface area contributed by atoms with Gasteiger partial charge in [-0.3, -0.25) is 0 Å². The molecule has 1 N–H and O–H groups in total. The van der Waals surface area contributed by atoms with Gasteiger partial charge in [-0.2, -0.15) is 0 Å². The van der Waals surface area contributed by atoms with E-state index in [0.29, 0.717) is 0 Å². The Hall–Kier alpha value is -1.06. The summed E-state index contributed by atoms with van der Waals surface area (Å²) < 4.78 is 12.3. The fourth-order valence-corrected chi connectivity index (χ4v) is 3.10. The van der Waals surface area contributed by atoms with E-state index in [-0.39, 0.29) is 11.7 Å². The summed E-state index contributed by atoms with van der Waals surface area (Å²) in [5.74, 6) is 1.02. The minimum Gasteiger partial charge on any atom is -0.487 e. The average Bonchev–Trinajstić information content (AvgIpc) is 2.40. The minimum absolute atomic E-state index is 0.0144. The van der Waals surface area contributed by atoms with Crippen LogP contribution in [-0.4, -0.2) is 25.3 Å². The molecule has 3 heteroatoms. The van der Waals surface area contributed by atoms with E-state index < -0.39 is 0 Å². The zero-order chi connectivity index (χ0) is 12.4. The van der Waals surface area contributed by atoms with Gasteiger partial charge >= 0.3 is 0 Å². The molecule has 2 heterocycles. The molecule has 1 aromatic rings. The van der Waals surface area contributed by atoms with Crippen molar-refractivity contribution in [3.8, 4) is 5.75 Å². The molecule has 1 fully saturated rings. The van der Waals surface area contributed by atoms with Crippen LogP contribution in [0.25, 0.3) is 0 Å². The summed E-state index contributed by atoms with van der Waals surface area (Å²) in [6.45, 7) is 4.91. The van der Waals surface area contributed by atoms with Gasteiger partial charge in [0.15, 0.2) is 0 Å². The third-order valence-corrected chi connectivity index (χ3v) is 4.03. The van der Waals surface area contributed by atoms with Crippen molar-refractivity contribution < 1.29 is 9.47 Å². The standard InChI is InChI=1S/C15H21NO2/c1-2-17-14-11-15(7-9-16-10-8-15)18-13-6-4-3-5-12(13)14/h3-6,14,16H,2,7-11H2,1H3. The highest BCUT2D eigenvalue weighted by Crippen LogP contribution is 2.44. The second kappa shape index (κ2) is 4.90. The maximum absolute atomic E-state index is 6.32. The average molecular weight is 247 g/mol. The third-order valence-electron chi connectivity index (χ3n) is 4.03. The van der Waals surface area contributed by atoms with Crippen molar-refractivity contribution in [1.29, 1.82) is 0 Å². The summed E-state index contributed by atoms with van der Waals surface area (Å²) in [6.07, 6.45) is 3.33. The van der Waals surface area contributed by atoms with Gasteiger partial charge in [-0.05, 0) is 38.9 Å². The van der Waals surface area contributed by atoms with E-state index in [0.717, 1.165) is 44.7 Å². The predicted octanol–water partition coefficient (Wildman–Crippen LogP) is 2.67. The second-order valence-electron chi connectivity index (χ2n) is 5.22.